The summed E-state index contributed by atoms with van der Waals surface area (Å²) in [5.74, 6) is 0.864. The standard InChI is InChI=1S/C60H38O2/c1-2-9-39-28-41(18-16-37(39)8-1)42-20-21-44-30-45(23-22-43(44)29-42)46-19-17-38-26-27-61-59-36-60-57(35-56(59)53(38)32-46)55-33-47(24-25-58(55)62-60)40-11-7-12-48(31-40)54-34-49-10-3-4-13-50(49)51-14-5-6-15-52(51)54/h1-25,28-36H,26-27H2. The molecular formula is C60H38O2. The summed E-state index contributed by atoms with van der Waals surface area (Å²) in [4.78, 5) is 0. The van der Waals surface area contributed by atoms with E-state index in [1.165, 1.54) is 93.2 Å². The molecule has 0 bridgehead atoms. The van der Waals surface area contributed by atoms with Crippen molar-refractivity contribution in [1.29, 1.82) is 0 Å². The lowest BCUT2D eigenvalue weighted by Crippen LogP contribution is -1.98. The minimum atomic E-state index is 0.619. The number of fused-ring (bicyclic) bond motifs is 11. The molecular weight excluding hydrogens is 753 g/mol. The molecule has 0 N–H and O–H groups in total. The molecule has 11 aromatic carbocycles. The maximum absolute atomic E-state index is 6.53. The van der Waals surface area contributed by atoms with Crippen LogP contribution in [0.4, 0.5) is 0 Å². The summed E-state index contributed by atoms with van der Waals surface area (Å²) in [6.45, 7) is 0.619. The molecule has 0 amide bonds. The van der Waals surface area contributed by atoms with Gasteiger partial charge in [-0.1, -0.05) is 146 Å². The van der Waals surface area contributed by atoms with Crippen LogP contribution < -0.4 is 4.74 Å². The summed E-state index contributed by atoms with van der Waals surface area (Å²) >= 11 is 0. The van der Waals surface area contributed by atoms with Gasteiger partial charge in [0.25, 0.3) is 0 Å². The molecule has 1 aliphatic rings. The van der Waals surface area contributed by atoms with Gasteiger partial charge in [0, 0.05) is 28.8 Å². The van der Waals surface area contributed by atoms with Gasteiger partial charge in [-0.15, -0.1) is 0 Å². The Kier molecular flexibility index (Phi) is 7.77. The molecule has 0 saturated heterocycles. The molecule has 0 spiro atoms. The molecule has 1 aromatic heterocycles. The van der Waals surface area contributed by atoms with E-state index in [1.54, 1.807) is 0 Å². The van der Waals surface area contributed by atoms with Crippen molar-refractivity contribution in [3.05, 3.63) is 212 Å². The molecule has 0 unspecified atom stereocenters. The van der Waals surface area contributed by atoms with Gasteiger partial charge >= 0.3 is 0 Å². The second-order valence-electron chi connectivity index (χ2n) is 16.7. The Morgan fingerprint density at radius 3 is 1.68 bits per heavy atom. The SMILES string of the molecule is c1cc(-c2ccc3oc4cc5c(cc4c3c2)-c2cc(-c3ccc4cc(-c6ccc7ccccc7c6)ccc4c3)ccc2CCO5)cc(-c2cc3ccccc3c3ccccc23)c1. The predicted molar refractivity (Wildman–Crippen MR) is 260 cm³/mol. The molecule has 2 heterocycles. The molecule has 1 aliphatic heterocycles. The van der Waals surface area contributed by atoms with E-state index in [0.29, 0.717) is 6.61 Å². The van der Waals surface area contributed by atoms with Gasteiger partial charge in [-0.25, -0.2) is 0 Å². The molecule has 290 valence electrons. The first-order valence-corrected chi connectivity index (χ1v) is 21.5. The van der Waals surface area contributed by atoms with Gasteiger partial charge in [0.1, 0.15) is 16.9 Å². The average molecular weight is 791 g/mol. The summed E-state index contributed by atoms with van der Waals surface area (Å²) in [7, 11) is 0. The summed E-state index contributed by atoms with van der Waals surface area (Å²) in [5.41, 5.74) is 14.9. The van der Waals surface area contributed by atoms with E-state index in [-0.39, 0.29) is 0 Å². The lowest BCUT2D eigenvalue weighted by Gasteiger charge is -2.13. The Balaban J connectivity index is 0.875. The molecule has 0 aliphatic carbocycles. The van der Waals surface area contributed by atoms with E-state index in [4.69, 9.17) is 9.15 Å². The third-order valence-corrected chi connectivity index (χ3v) is 13.1. The number of furan rings is 1. The first-order chi connectivity index (χ1) is 30.7. The Morgan fingerprint density at radius 2 is 0.871 bits per heavy atom. The maximum Gasteiger partial charge on any atom is 0.139 e. The van der Waals surface area contributed by atoms with Crippen LogP contribution in [0.2, 0.25) is 0 Å². The van der Waals surface area contributed by atoms with Gasteiger partial charge < -0.3 is 9.15 Å². The lowest BCUT2D eigenvalue weighted by molar-refractivity contribution is 0.326. The van der Waals surface area contributed by atoms with Crippen LogP contribution >= 0.6 is 0 Å². The number of ether oxygens (including phenoxy) is 1. The van der Waals surface area contributed by atoms with Crippen LogP contribution in [0.15, 0.2) is 211 Å². The van der Waals surface area contributed by atoms with Crippen molar-refractivity contribution in [2.24, 2.45) is 0 Å². The monoisotopic (exact) mass is 790 g/mol. The number of rotatable bonds is 4. The fourth-order valence-corrected chi connectivity index (χ4v) is 9.94. The topological polar surface area (TPSA) is 22.4 Å². The van der Waals surface area contributed by atoms with Gasteiger partial charge in [0.05, 0.1) is 6.61 Å². The molecule has 0 atom stereocenters. The van der Waals surface area contributed by atoms with Crippen LogP contribution in [-0.2, 0) is 6.42 Å². The van der Waals surface area contributed by atoms with Gasteiger partial charge in [0.2, 0.25) is 0 Å². The summed E-state index contributed by atoms with van der Waals surface area (Å²) in [6, 6.07) is 75.5. The van der Waals surface area contributed by atoms with Crippen LogP contribution in [0.1, 0.15) is 5.56 Å². The second-order valence-corrected chi connectivity index (χ2v) is 16.7. The van der Waals surface area contributed by atoms with E-state index >= 15 is 0 Å². The van der Waals surface area contributed by atoms with Crippen molar-refractivity contribution in [1.82, 2.24) is 0 Å². The number of benzene rings is 11. The quantitative estimate of drug-likeness (QED) is 0.166. The van der Waals surface area contributed by atoms with Gasteiger partial charge in [-0.2, -0.15) is 0 Å². The highest BCUT2D eigenvalue weighted by molar-refractivity contribution is 6.14. The highest BCUT2D eigenvalue weighted by atomic mass is 16.5. The largest absolute Gasteiger partial charge is 0.492 e. The highest BCUT2D eigenvalue weighted by Crippen LogP contribution is 2.44. The molecule has 0 saturated carbocycles. The summed E-state index contributed by atoms with van der Waals surface area (Å²) < 4.78 is 13.0. The Morgan fingerprint density at radius 1 is 0.290 bits per heavy atom. The summed E-state index contributed by atoms with van der Waals surface area (Å²) in [5, 5.41) is 12.2. The van der Waals surface area contributed by atoms with Crippen LogP contribution in [0.5, 0.6) is 5.75 Å². The minimum absolute atomic E-state index is 0.619. The van der Waals surface area contributed by atoms with Crippen LogP contribution in [0.25, 0.3) is 121 Å². The Hall–Kier alpha value is -7.94. The molecule has 0 radical (unpaired) electrons. The third kappa shape index (κ3) is 5.72. The number of hydrogen-bond acceptors (Lipinski definition) is 2. The van der Waals surface area contributed by atoms with Crippen molar-refractivity contribution in [2.45, 2.75) is 6.42 Å². The first kappa shape index (κ1) is 34.9. The van der Waals surface area contributed by atoms with Crippen LogP contribution in [-0.4, -0.2) is 6.61 Å². The van der Waals surface area contributed by atoms with Crippen molar-refractivity contribution < 1.29 is 9.15 Å². The van der Waals surface area contributed by atoms with Crippen LogP contribution in [0, 0.1) is 0 Å². The second kappa shape index (κ2) is 13.8. The molecule has 2 nitrogen and oxygen atoms in total. The van der Waals surface area contributed by atoms with Gasteiger partial charge in [0.15, 0.2) is 0 Å². The van der Waals surface area contributed by atoms with Crippen molar-refractivity contribution in [3.8, 4) is 61.4 Å². The lowest BCUT2D eigenvalue weighted by atomic mass is 9.91. The Bertz CT molecular complexity index is 3790. The first-order valence-electron chi connectivity index (χ1n) is 21.5. The maximum atomic E-state index is 6.53. The van der Waals surface area contributed by atoms with E-state index in [1.807, 2.05) is 0 Å². The summed E-state index contributed by atoms with van der Waals surface area (Å²) in [6.07, 6.45) is 0.842. The fourth-order valence-electron chi connectivity index (χ4n) is 9.94. The molecule has 62 heavy (non-hydrogen) atoms. The predicted octanol–water partition coefficient (Wildman–Crippen LogP) is 16.5. The molecule has 2 heteroatoms. The van der Waals surface area contributed by atoms with Crippen molar-refractivity contribution in [3.63, 3.8) is 0 Å². The zero-order chi connectivity index (χ0) is 40.7. The molecule has 12 aromatic rings. The zero-order valence-corrected chi connectivity index (χ0v) is 33.9. The smallest absolute Gasteiger partial charge is 0.139 e. The van der Waals surface area contributed by atoms with E-state index < -0.39 is 0 Å². The van der Waals surface area contributed by atoms with E-state index in [9.17, 15) is 0 Å². The van der Waals surface area contributed by atoms with Crippen molar-refractivity contribution >= 4 is 65.0 Å². The normalized spacial score (nSPS) is 12.5. The average Bonchev–Trinajstić information content (AvgIpc) is 3.59. The number of hydrogen-bond donors (Lipinski definition) is 0. The van der Waals surface area contributed by atoms with Crippen LogP contribution in [0.3, 0.4) is 0 Å². The minimum Gasteiger partial charge on any atom is -0.492 e. The van der Waals surface area contributed by atoms with E-state index in [2.05, 4.69) is 206 Å². The molecule has 0 fully saturated rings. The van der Waals surface area contributed by atoms with Crippen molar-refractivity contribution in [2.75, 3.05) is 6.61 Å². The van der Waals surface area contributed by atoms with E-state index in [0.717, 1.165) is 45.2 Å². The van der Waals surface area contributed by atoms with Gasteiger partial charge in [-0.3, -0.25) is 0 Å². The zero-order valence-electron chi connectivity index (χ0n) is 33.9. The Labute approximate surface area is 358 Å². The third-order valence-electron chi connectivity index (χ3n) is 13.1. The fraction of sp³-hybridized carbons (Fsp3) is 0.0333. The molecule has 13 rings (SSSR count). The highest BCUT2D eigenvalue weighted by Gasteiger charge is 2.21. The van der Waals surface area contributed by atoms with Gasteiger partial charge in [-0.05, 0) is 153 Å².